The van der Waals surface area contributed by atoms with E-state index in [2.05, 4.69) is 9.72 Å². The SMILES string of the molecule is COC(=O)CCC(=O)OC[C@H]1O[C@@H](n2ccc(N)nc2=O)[C@@H](O)[C@@H]1O. The van der Waals surface area contributed by atoms with Gasteiger partial charge in [-0.15, -0.1) is 0 Å². The van der Waals surface area contributed by atoms with Crippen molar-refractivity contribution in [2.24, 2.45) is 0 Å². The van der Waals surface area contributed by atoms with Gasteiger partial charge in [0, 0.05) is 6.20 Å². The Kier molecular flexibility index (Phi) is 6.07. The van der Waals surface area contributed by atoms with Gasteiger partial charge in [0.1, 0.15) is 30.7 Å². The highest BCUT2D eigenvalue weighted by molar-refractivity contribution is 5.77. The Morgan fingerprint density at radius 3 is 2.64 bits per heavy atom. The third-order valence-corrected chi connectivity index (χ3v) is 3.63. The van der Waals surface area contributed by atoms with Gasteiger partial charge in [-0.05, 0) is 6.07 Å². The largest absolute Gasteiger partial charge is 0.469 e. The van der Waals surface area contributed by atoms with Gasteiger partial charge < -0.3 is 30.2 Å². The molecule has 138 valence electrons. The normalized spacial score (nSPS) is 25.6. The minimum absolute atomic E-state index is 0.00497. The number of nitrogens with two attached hydrogens (primary N) is 1. The zero-order valence-corrected chi connectivity index (χ0v) is 13.4. The molecule has 0 aliphatic carbocycles. The van der Waals surface area contributed by atoms with Crippen LogP contribution < -0.4 is 11.4 Å². The number of carbonyl (C=O) groups is 2. The lowest BCUT2D eigenvalue weighted by molar-refractivity contribution is -0.153. The molecule has 0 unspecified atom stereocenters. The molecule has 25 heavy (non-hydrogen) atoms. The van der Waals surface area contributed by atoms with Gasteiger partial charge in [-0.1, -0.05) is 0 Å². The van der Waals surface area contributed by atoms with Crippen molar-refractivity contribution in [1.29, 1.82) is 0 Å². The Labute approximate surface area is 141 Å². The Morgan fingerprint density at radius 2 is 2.00 bits per heavy atom. The van der Waals surface area contributed by atoms with Gasteiger partial charge in [0.25, 0.3) is 0 Å². The first-order chi connectivity index (χ1) is 11.8. The molecule has 1 aliphatic rings. The highest BCUT2D eigenvalue weighted by Crippen LogP contribution is 2.28. The molecule has 1 aromatic heterocycles. The van der Waals surface area contributed by atoms with Crippen LogP contribution in [0, 0.1) is 0 Å². The summed E-state index contributed by atoms with van der Waals surface area (Å²) in [4.78, 5) is 37.8. The predicted octanol–water partition coefficient (Wildman–Crippen LogP) is -2.06. The number of aliphatic hydroxyl groups excluding tert-OH is 2. The number of hydrogen-bond donors (Lipinski definition) is 3. The lowest BCUT2D eigenvalue weighted by Gasteiger charge is -2.16. The molecule has 1 fully saturated rings. The molecule has 2 rings (SSSR count). The Hall–Kier alpha value is -2.50. The van der Waals surface area contributed by atoms with Crippen molar-refractivity contribution in [1.82, 2.24) is 9.55 Å². The lowest BCUT2D eigenvalue weighted by Crippen LogP contribution is -2.36. The van der Waals surface area contributed by atoms with Crippen LogP contribution in [-0.4, -0.2) is 63.7 Å². The van der Waals surface area contributed by atoms with E-state index < -0.39 is 42.2 Å². The van der Waals surface area contributed by atoms with Crippen molar-refractivity contribution >= 4 is 17.8 Å². The molecule has 4 atom stereocenters. The summed E-state index contributed by atoms with van der Waals surface area (Å²) in [6.45, 7) is -0.355. The fourth-order valence-corrected chi connectivity index (χ4v) is 2.27. The standard InChI is InChI=1S/C14H19N3O8/c1-23-9(18)2-3-10(19)24-6-7-11(20)12(21)13(25-7)17-5-4-8(15)16-14(17)22/h4-5,7,11-13,20-21H,2-3,6H2,1H3,(H2,15,16,22)/t7-,11-,12+,13-/m1/s1. The van der Waals surface area contributed by atoms with E-state index in [4.69, 9.17) is 15.2 Å². The number of nitrogen functional groups attached to an aromatic ring is 1. The molecule has 0 amide bonds. The Morgan fingerprint density at radius 1 is 1.32 bits per heavy atom. The Bertz CT molecular complexity index is 691. The fourth-order valence-electron chi connectivity index (χ4n) is 2.27. The average Bonchev–Trinajstić information content (AvgIpc) is 2.86. The third kappa shape index (κ3) is 4.53. The smallest absolute Gasteiger partial charge is 0.351 e. The Balaban J connectivity index is 1.94. The van der Waals surface area contributed by atoms with Crippen LogP contribution in [0.4, 0.5) is 5.82 Å². The molecule has 0 bridgehead atoms. The molecular formula is C14H19N3O8. The minimum Gasteiger partial charge on any atom is -0.469 e. The van der Waals surface area contributed by atoms with E-state index in [1.165, 1.54) is 19.4 Å². The lowest BCUT2D eigenvalue weighted by atomic mass is 10.1. The van der Waals surface area contributed by atoms with Gasteiger partial charge >= 0.3 is 17.6 Å². The maximum Gasteiger partial charge on any atom is 0.351 e. The molecule has 0 saturated carbocycles. The van der Waals surface area contributed by atoms with Gasteiger partial charge in [-0.3, -0.25) is 14.2 Å². The zero-order valence-electron chi connectivity index (χ0n) is 13.4. The number of esters is 2. The topological polar surface area (TPSA) is 163 Å². The molecule has 0 radical (unpaired) electrons. The fraction of sp³-hybridized carbons (Fsp3) is 0.571. The van der Waals surface area contributed by atoms with E-state index in [9.17, 15) is 24.6 Å². The monoisotopic (exact) mass is 357 g/mol. The number of carbonyl (C=O) groups excluding carboxylic acids is 2. The molecule has 2 heterocycles. The van der Waals surface area contributed by atoms with E-state index in [1.807, 2.05) is 0 Å². The van der Waals surface area contributed by atoms with Crippen LogP contribution in [0.3, 0.4) is 0 Å². The third-order valence-electron chi connectivity index (χ3n) is 3.63. The number of rotatable bonds is 6. The maximum absolute atomic E-state index is 11.8. The van der Waals surface area contributed by atoms with Crippen molar-refractivity contribution < 1.29 is 34.0 Å². The molecule has 0 spiro atoms. The van der Waals surface area contributed by atoms with Gasteiger partial charge in [0.05, 0.1) is 20.0 Å². The van der Waals surface area contributed by atoms with Crippen LogP contribution in [0.5, 0.6) is 0 Å². The number of aliphatic hydroxyl groups is 2. The molecule has 0 aromatic carbocycles. The van der Waals surface area contributed by atoms with Gasteiger partial charge in [-0.25, -0.2) is 4.79 Å². The first-order valence-corrected chi connectivity index (χ1v) is 7.42. The van der Waals surface area contributed by atoms with E-state index in [-0.39, 0.29) is 25.3 Å². The first kappa shape index (κ1) is 18.8. The zero-order chi connectivity index (χ0) is 18.6. The van der Waals surface area contributed by atoms with E-state index >= 15 is 0 Å². The van der Waals surface area contributed by atoms with Gasteiger partial charge in [-0.2, -0.15) is 4.98 Å². The summed E-state index contributed by atoms with van der Waals surface area (Å²) in [5.74, 6) is -1.24. The summed E-state index contributed by atoms with van der Waals surface area (Å²) in [5.41, 5.74) is 4.63. The first-order valence-electron chi connectivity index (χ1n) is 7.42. The molecular weight excluding hydrogens is 338 g/mol. The van der Waals surface area contributed by atoms with E-state index in [0.29, 0.717) is 0 Å². The summed E-state index contributed by atoms with van der Waals surface area (Å²) in [6, 6.07) is 1.34. The number of aromatic nitrogens is 2. The van der Waals surface area contributed by atoms with Crippen LogP contribution in [0.25, 0.3) is 0 Å². The number of ether oxygens (including phenoxy) is 3. The van der Waals surface area contributed by atoms with Gasteiger partial charge in [0.2, 0.25) is 0 Å². The highest BCUT2D eigenvalue weighted by Gasteiger charge is 2.44. The van der Waals surface area contributed by atoms with Crippen molar-refractivity contribution in [3.8, 4) is 0 Å². The van der Waals surface area contributed by atoms with Crippen molar-refractivity contribution in [2.75, 3.05) is 19.5 Å². The van der Waals surface area contributed by atoms with Crippen LogP contribution in [0.15, 0.2) is 17.1 Å². The number of anilines is 1. The van der Waals surface area contributed by atoms with E-state index in [0.717, 1.165) is 4.57 Å². The summed E-state index contributed by atoms with van der Waals surface area (Å²) in [7, 11) is 1.20. The van der Waals surface area contributed by atoms with Gasteiger partial charge in [0.15, 0.2) is 6.23 Å². The summed E-state index contributed by atoms with van der Waals surface area (Å²) >= 11 is 0. The molecule has 4 N–H and O–H groups in total. The second kappa shape index (κ2) is 8.05. The van der Waals surface area contributed by atoms with Crippen LogP contribution in [0.1, 0.15) is 19.1 Å². The summed E-state index contributed by atoms with van der Waals surface area (Å²) in [5, 5.41) is 20.1. The molecule has 11 heteroatoms. The van der Waals surface area contributed by atoms with Crippen molar-refractivity contribution in [3.63, 3.8) is 0 Å². The molecule has 11 nitrogen and oxygen atoms in total. The summed E-state index contributed by atoms with van der Waals surface area (Å²) in [6.07, 6.45) is -4.12. The summed E-state index contributed by atoms with van der Waals surface area (Å²) < 4.78 is 15.7. The predicted molar refractivity (Wildman–Crippen MR) is 81.0 cm³/mol. The molecule has 1 aliphatic heterocycles. The van der Waals surface area contributed by atoms with Crippen LogP contribution >= 0.6 is 0 Å². The number of methoxy groups -OCH3 is 1. The molecule has 1 aromatic rings. The van der Waals surface area contributed by atoms with Crippen LogP contribution in [-0.2, 0) is 23.8 Å². The van der Waals surface area contributed by atoms with Crippen LogP contribution in [0.2, 0.25) is 0 Å². The quantitative estimate of drug-likeness (QED) is 0.482. The molecule has 1 saturated heterocycles. The van der Waals surface area contributed by atoms with Crippen molar-refractivity contribution in [2.45, 2.75) is 37.4 Å². The second-order valence-electron chi connectivity index (χ2n) is 5.35. The van der Waals surface area contributed by atoms with Crippen molar-refractivity contribution in [3.05, 3.63) is 22.7 Å². The average molecular weight is 357 g/mol. The second-order valence-corrected chi connectivity index (χ2v) is 5.35. The van der Waals surface area contributed by atoms with E-state index in [1.54, 1.807) is 0 Å². The highest BCUT2D eigenvalue weighted by atomic mass is 16.6. The maximum atomic E-state index is 11.8. The minimum atomic E-state index is -1.43. The number of hydrogen-bond acceptors (Lipinski definition) is 10. The number of nitrogens with zero attached hydrogens (tertiary/aromatic N) is 2.